The molecule has 19 heavy (non-hydrogen) atoms. The normalized spacial score (nSPS) is 17.6. The van der Waals surface area contributed by atoms with Gasteiger partial charge in [-0.15, -0.1) is 0 Å². The fourth-order valence-corrected chi connectivity index (χ4v) is 2.53. The number of hydrogen-bond acceptors (Lipinski definition) is 1. The maximum absolute atomic E-state index is 4.63. The molecule has 0 aliphatic heterocycles. The minimum absolute atomic E-state index is 0.474. The fraction of sp³-hybridized carbons (Fsp3) is 0.167. The SMILES string of the molecule is Cc1cc(-c2ccccc2)ncc1C1C=CC=CC1. The van der Waals surface area contributed by atoms with Gasteiger partial charge in [0, 0.05) is 17.7 Å². The van der Waals surface area contributed by atoms with Gasteiger partial charge in [-0.3, -0.25) is 4.98 Å². The fourth-order valence-electron chi connectivity index (χ4n) is 2.53. The van der Waals surface area contributed by atoms with Crippen LogP contribution in [-0.2, 0) is 0 Å². The molecule has 0 fully saturated rings. The van der Waals surface area contributed by atoms with Gasteiger partial charge in [0.25, 0.3) is 0 Å². The number of allylic oxidation sites excluding steroid dienone is 4. The molecular weight excluding hydrogens is 230 g/mol. The van der Waals surface area contributed by atoms with Crippen LogP contribution in [0, 0.1) is 6.92 Å². The van der Waals surface area contributed by atoms with Crippen molar-refractivity contribution in [3.63, 3.8) is 0 Å². The van der Waals surface area contributed by atoms with Crippen molar-refractivity contribution in [1.82, 2.24) is 4.98 Å². The number of aromatic nitrogens is 1. The Kier molecular flexibility index (Phi) is 3.28. The number of nitrogens with zero attached hydrogens (tertiary/aromatic N) is 1. The molecule has 1 aromatic heterocycles. The summed E-state index contributed by atoms with van der Waals surface area (Å²) in [5.74, 6) is 0.474. The molecule has 1 atom stereocenters. The lowest BCUT2D eigenvalue weighted by Crippen LogP contribution is -2.00. The van der Waals surface area contributed by atoms with Crippen LogP contribution in [0.1, 0.15) is 23.5 Å². The Bertz CT molecular complexity index is 623. The van der Waals surface area contributed by atoms with Gasteiger partial charge in [-0.2, -0.15) is 0 Å². The second-order valence-electron chi connectivity index (χ2n) is 4.95. The molecule has 0 amide bonds. The molecule has 0 saturated carbocycles. The third kappa shape index (κ3) is 2.50. The first-order valence-corrected chi connectivity index (χ1v) is 6.70. The van der Waals surface area contributed by atoms with E-state index >= 15 is 0 Å². The minimum atomic E-state index is 0.474. The molecule has 0 N–H and O–H groups in total. The highest BCUT2D eigenvalue weighted by atomic mass is 14.7. The van der Waals surface area contributed by atoms with Gasteiger partial charge in [-0.25, -0.2) is 0 Å². The van der Waals surface area contributed by atoms with Crippen molar-refractivity contribution < 1.29 is 0 Å². The van der Waals surface area contributed by atoms with E-state index in [9.17, 15) is 0 Å². The predicted molar refractivity (Wildman–Crippen MR) is 80.0 cm³/mol. The molecule has 0 radical (unpaired) electrons. The zero-order valence-electron chi connectivity index (χ0n) is 11.1. The van der Waals surface area contributed by atoms with E-state index in [1.165, 1.54) is 16.7 Å². The summed E-state index contributed by atoms with van der Waals surface area (Å²) < 4.78 is 0. The second-order valence-corrected chi connectivity index (χ2v) is 4.95. The monoisotopic (exact) mass is 247 g/mol. The third-order valence-electron chi connectivity index (χ3n) is 3.60. The van der Waals surface area contributed by atoms with Crippen LogP contribution in [0.5, 0.6) is 0 Å². The van der Waals surface area contributed by atoms with Crippen molar-refractivity contribution >= 4 is 0 Å². The molecular formula is C18H17N. The number of rotatable bonds is 2. The topological polar surface area (TPSA) is 12.9 Å². The van der Waals surface area contributed by atoms with Crippen molar-refractivity contribution in [2.75, 3.05) is 0 Å². The van der Waals surface area contributed by atoms with Crippen molar-refractivity contribution in [3.8, 4) is 11.3 Å². The Hall–Kier alpha value is -2.15. The number of aryl methyl sites for hydroxylation is 1. The molecule has 3 rings (SSSR count). The molecule has 1 aliphatic carbocycles. The van der Waals surface area contributed by atoms with E-state index in [1.807, 2.05) is 12.3 Å². The van der Waals surface area contributed by atoms with Crippen molar-refractivity contribution in [1.29, 1.82) is 0 Å². The van der Waals surface area contributed by atoms with E-state index in [4.69, 9.17) is 0 Å². The summed E-state index contributed by atoms with van der Waals surface area (Å²) in [4.78, 5) is 4.63. The lowest BCUT2D eigenvalue weighted by molar-refractivity contribution is 0.838. The summed E-state index contributed by atoms with van der Waals surface area (Å²) in [6.07, 6.45) is 11.8. The molecule has 2 aromatic rings. The molecule has 1 heterocycles. The summed E-state index contributed by atoms with van der Waals surface area (Å²) in [7, 11) is 0. The zero-order chi connectivity index (χ0) is 13.1. The van der Waals surface area contributed by atoms with Crippen LogP contribution >= 0.6 is 0 Å². The molecule has 1 heteroatoms. The zero-order valence-corrected chi connectivity index (χ0v) is 11.1. The van der Waals surface area contributed by atoms with Crippen LogP contribution < -0.4 is 0 Å². The van der Waals surface area contributed by atoms with Crippen LogP contribution in [0.25, 0.3) is 11.3 Å². The number of benzene rings is 1. The van der Waals surface area contributed by atoms with Crippen molar-refractivity contribution in [2.45, 2.75) is 19.3 Å². The maximum Gasteiger partial charge on any atom is 0.0704 e. The molecule has 0 bridgehead atoms. The van der Waals surface area contributed by atoms with Gasteiger partial charge >= 0.3 is 0 Å². The number of pyridine rings is 1. The van der Waals surface area contributed by atoms with E-state index in [2.05, 4.69) is 66.5 Å². The van der Waals surface area contributed by atoms with Gasteiger partial charge in [0.2, 0.25) is 0 Å². The van der Waals surface area contributed by atoms with Crippen molar-refractivity contribution in [2.24, 2.45) is 0 Å². The first-order chi connectivity index (χ1) is 9.34. The standard InChI is InChI=1S/C18H17N/c1-14-12-18(16-10-6-3-7-11-16)19-13-17(14)15-8-4-2-5-9-15/h2-8,10-13,15H,9H2,1H3. The highest BCUT2D eigenvalue weighted by Crippen LogP contribution is 2.28. The van der Waals surface area contributed by atoms with E-state index in [0.717, 1.165) is 12.1 Å². The summed E-state index contributed by atoms with van der Waals surface area (Å²) in [6, 6.07) is 12.5. The quantitative estimate of drug-likeness (QED) is 0.752. The largest absolute Gasteiger partial charge is 0.256 e. The Balaban J connectivity index is 1.94. The second kappa shape index (κ2) is 5.23. The summed E-state index contributed by atoms with van der Waals surface area (Å²) >= 11 is 0. The van der Waals surface area contributed by atoms with Gasteiger partial charge in [0.15, 0.2) is 0 Å². The first-order valence-electron chi connectivity index (χ1n) is 6.70. The summed E-state index contributed by atoms with van der Waals surface area (Å²) in [5.41, 5.74) is 4.88. The van der Waals surface area contributed by atoms with Crippen LogP contribution in [0.3, 0.4) is 0 Å². The van der Waals surface area contributed by atoms with Gasteiger partial charge in [0.1, 0.15) is 0 Å². The summed E-state index contributed by atoms with van der Waals surface area (Å²) in [6.45, 7) is 2.18. The highest BCUT2D eigenvalue weighted by Gasteiger charge is 2.12. The predicted octanol–water partition coefficient (Wildman–Crippen LogP) is 4.66. The van der Waals surface area contributed by atoms with Gasteiger partial charge in [-0.1, -0.05) is 54.6 Å². The smallest absolute Gasteiger partial charge is 0.0704 e. The summed E-state index contributed by atoms with van der Waals surface area (Å²) in [5, 5.41) is 0. The Labute approximate surface area is 114 Å². The molecule has 1 unspecified atom stereocenters. The highest BCUT2D eigenvalue weighted by molar-refractivity contribution is 5.60. The molecule has 1 aliphatic rings. The van der Waals surface area contributed by atoms with Gasteiger partial charge in [0.05, 0.1) is 5.69 Å². The van der Waals surface area contributed by atoms with Crippen molar-refractivity contribution in [3.05, 3.63) is 78.0 Å². The lowest BCUT2D eigenvalue weighted by Gasteiger charge is -2.16. The molecule has 0 saturated heterocycles. The average molecular weight is 247 g/mol. The van der Waals surface area contributed by atoms with E-state index in [-0.39, 0.29) is 0 Å². The van der Waals surface area contributed by atoms with E-state index < -0.39 is 0 Å². The number of hydrogen-bond donors (Lipinski definition) is 0. The molecule has 1 aromatic carbocycles. The van der Waals surface area contributed by atoms with E-state index in [1.54, 1.807) is 0 Å². The molecule has 0 spiro atoms. The Morgan fingerprint density at radius 1 is 1.11 bits per heavy atom. The Morgan fingerprint density at radius 3 is 2.63 bits per heavy atom. The van der Waals surface area contributed by atoms with Crippen LogP contribution in [0.15, 0.2) is 66.9 Å². The maximum atomic E-state index is 4.63. The molecule has 94 valence electrons. The lowest BCUT2D eigenvalue weighted by atomic mass is 9.90. The van der Waals surface area contributed by atoms with Crippen LogP contribution in [0.4, 0.5) is 0 Å². The van der Waals surface area contributed by atoms with Gasteiger partial charge in [-0.05, 0) is 30.5 Å². The average Bonchev–Trinajstić information content (AvgIpc) is 2.49. The molecule has 1 nitrogen and oxygen atoms in total. The van der Waals surface area contributed by atoms with Crippen LogP contribution in [0.2, 0.25) is 0 Å². The minimum Gasteiger partial charge on any atom is -0.256 e. The van der Waals surface area contributed by atoms with E-state index in [0.29, 0.717) is 5.92 Å². The van der Waals surface area contributed by atoms with Crippen LogP contribution in [-0.4, -0.2) is 4.98 Å². The first kappa shape index (κ1) is 11.9. The van der Waals surface area contributed by atoms with Gasteiger partial charge < -0.3 is 0 Å². The third-order valence-corrected chi connectivity index (χ3v) is 3.60. The Morgan fingerprint density at radius 2 is 1.95 bits per heavy atom.